The highest BCUT2D eigenvalue weighted by molar-refractivity contribution is 14.1. The zero-order valence-electron chi connectivity index (χ0n) is 12.4. The van der Waals surface area contributed by atoms with Crippen LogP contribution >= 0.6 is 34.2 Å². The molecule has 23 heavy (non-hydrogen) atoms. The van der Waals surface area contributed by atoms with E-state index in [4.69, 9.17) is 11.6 Å². The van der Waals surface area contributed by atoms with Crippen molar-refractivity contribution in [1.82, 2.24) is 14.7 Å². The SMILES string of the molecule is CC1Cn2nc(-c3ccc(Cl)cc3F)c(I)c2C(C)N1C(=O)O. The van der Waals surface area contributed by atoms with Crippen molar-refractivity contribution in [3.05, 3.63) is 38.3 Å². The number of aromatic nitrogens is 2. The maximum atomic E-state index is 14.2. The summed E-state index contributed by atoms with van der Waals surface area (Å²) in [5, 5.41) is 14.2. The minimum Gasteiger partial charge on any atom is -0.465 e. The molecule has 3 rings (SSSR count). The molecule has 1 aliphatic rings. The lowest BCUT2D eigenvalue weighted by atomic mass is 10.1. The Labute approximate surface area is 151 Å². The molecule has 0 bridgehead atoms. The van der Waals surface area contributed by atoms with Gasteiger partial charge in [0.2, 0.25) is 0 Å². The summed E-state index contributed by atoms with van der Waals surface area (Å²) in [5.41, 5.74) is 1.67. The van der Waals surface area contributed by atoms with Gasteiger partial charge in [-0.25, -0.2) is 9.18 Å². The number of rotatable bonds is 1. The minimum atomic E-state index is -0.965. The second kappa shape index (κ2) is 5.94. The number of fused-ring (bicyclic) bond motifs is 1. The van der Waals surface area contributed by atoms with Crippen molar-refractivity contribution in [2.45, 2.75) is 32.5 Å². The number of benzene rings is 1. The molecule has 8 heteroatoms. The number of halogens is 3. The van der Waals surface area contributed by atoms with Gasteiger partial charge in [-0.15, -0.1) is 0 Å². The van der Waals surface area contributed by atoms with Crippen molar-refractivity contribution in [2.24, 2.45) is 0 Å². The Morgan fingerprint density at radius 2 is 2.17 bits per heavy atom. The number of carbonyl (C=O) groups is 1. The van der Waals surface area contributed by atoms with Gasteiger partial charge >= 0.3 is 6.09 Å². The quantitative estimate of drug-likeness (QED) is 0.657. The molecule has 0 fully saturated rings. The molecule has 1 amide bonds. The van der Waals surface area contributed by atoms with Crippen molar-refractivity contribution in [3.63, 3.8) is 0 Å². The van der Waals surface area contributed by atoms with Crippen molar-refractivity contribution in [1.29, 1.82) is 0 Å². The van der Waals surface area contributed by atoms with Crippen LogP contribution in [0.1, 0.15) is 25.6 Å². The Balaban J connectivity index is 2.13. The van der Waals surface area contributed by atoms with E-state index >= 15 is 0 Å². The molecule has 5 nitrogen and oxygen atoms in total. The van der Waals surface area contributed by atoms with Crippen LogP contribution in [0.3, 0.4) is 0 Å². The number of carboxylic acid groups (broad SMARTS) is 1. The Kier molecular flexibility index (Phi) is 4.26. The largest absolute Gasteiger partial charge is 0.465 e. The van der Waals surface area contributed by atoms with Gasteiger partial charge in [0.25, 0.3) is 0 Å². The van der Waals surface area contributed by atoms with Crippen LogP contribution in [0.2, 0.25) is 5.02 Å². The fourth-order valence-corrected chi connectivity index (χ4v) is 4.34. The fourth-order valence-electron chi connectivity index (χ4n) is 3.05. The van der Waals surface area contributed by atoms with E-state index in [-0.39, 0.29) is 12.1 Å². The van der Waals surface area contributed by atoms with E-state index in [0.717, 1.165) is 9.26 Å². The van der Waals surface area contributed by atoms with E-state index in [2.05, 4.69) is 27.7 Å². The van der Waals surface area contributed by atoms with Crippen LogP contribution in [0, 0.1) is 9.39 Å². The van der Waals surface area contributed by atoms with Crippen LogP contribution in [0.5, 0.6) is 0 Å². The standard InChI is InChI=1S/C15H14ClFIN3O2/c1-7-6-20-14(8(2)21(7)15(22)23)12(18)13(19-20)10-4-3-9(16)5-11(10)17/h3-5,7-8H,6H2,1-2H3,(H,22,23). The topological polar surface area (TPSA) is 58.4 Å². The van der Waals surface area contributed by atoms with Crippen molar-refractivity contribution >= 4 is 40.3 Å². The molecule has 0 aliphatic carbocycles. The summed E-state index contributed by atoms with van der Waals surface area (Å²) in [6.07, 6.45) is -0.965. The van der Waals surface area contributed by atoms with Gasteiger partial charge < -0.3 is 5.11 Å². The van der Waals surface area contributed by atoms with Crippen LogP contribution in [0.4, 0.5) is 9.18 Å². The number of hydrogen-bond donors (Lipinski definition) is 1. The average molecular weight is 450 g/mol. The van der Waals surface area contributed by atoms with E-state index in [0.29, 0.717) is 22.8 Å². The normalized spacial score (nSPS) is 20.5. The van der Waals surface area contributed by atoms with Crippen LogP contribution in [-0.2, 0) is 6.54 Å². The molecule has 0 saturated carbocycles. The summed E-state index contributed by atoms with van der Waals surface area (Å²) in [6.45, 7) is 4.10. The maximum Gasteiger partial charge on any atom is 0.408 e. The van der Waals surface area contributed by atoms with Gasteiger partial charge in [-0.3, -0.25) is 9.58 Å². The highest BCUT2D eigenvalue weighted by Gasteiger charge is 2.36. The number of amides is 1. The number of hydrogen-bond acceptors (Lipinski definition) is 2. The van der Waals surface area contributed by atoms with Crippen LogP contribution in [-0.4, -0.2) is 31.9 Å². The van der Waals surface area contributed by atoms with Crippen LogP contribution in [0.25, 0.3) is 11.3 Å². The first-order valence-corrected chi connectivity index (χ1v) is 8.49. The lowest BCUT2D eigenvalue weighted by molar-refractivity contribution is 0.0832. The monoisotopic (exact) mass is 449 g/mol. The fraction of sp³-hybridized carbons (Fsp3) is 0.333. The van der Waals surface area contributed by atoms with Crippen LogP contribution in [0.15, 0.2) is 18.2 Å². The molecule has 2 atom stereocenters. The van der Waals surface area contributed by atoms with Gasteiger partial charge in [-0.2, -0.15) is 5.10 Å². The van der Waals surface area contributed by atoms with Crippen molar-refractivity contribution in [3.8, 4) is 11.3 Å². The third-order valence-corrected chi connectivity index (χ3v) is 5.36. The summed E-state index contributed by atoms with van der Waals surface area (Å²) in [7, 11) is 0. The summed E-state index contributed by atoms with van der Waals surface area (Å²) >= 11 is 7.90. The molecule has 2 aromatic rings. The first kappa shape index (κ1) is 16.5. The first-order valence-electron chi connectivity index (χ1n) is 7.04. The molecule has 0 saturated heterocycles. The summed E-state index contributed by atoms with van der Waals surface area (Å²) in [6, 6.07) is 3.91. The smallest absolute Gasteiger partial charge is 0.408 e. The van der Waals surface area contributed by atoms with E-state index < -0.39 is 11.9 Å². The van der Waals surface area contributed by atoms with Crippen molar-refractivity contribution in [2.75, 3.05) is 0 Å². The summed E-state index contributed by atoms with van der Waals surface area (Å²) < 4.78 is 16.8. The summed E-state index contributed by atoms with van der Waals surface area (Å²) in [4.78, 5) is 12.9. The molecule has 0 radical (unpaired) electrons. The lowest BCUT2D eigenvalue weighted by Crippen LogP contribution is -2.46. The van der Waals surface area contributed by atoms with E-state index in [1.807, 2.05) is 13.8 Å². The third-order valence-electron chi connectivity index (χ3n) is 4.06. The second-order valence-corrected chi connectivity index (χ2v) is 7.08. The van der Waals surface area contributed by atoms with Gasteiger partial charge in [0.05, 0.1) is 27.9 Å². The van der Waals surface area contributed by atoms with Gasteiger partial charge in [-0.1, -0.05) is 11.6 Å². The highest BCUT2D eigenvalue weighted by atomic mass is 127. The molecular formula is C15H14ClFIN3O2. The van der Waals surface area contributed by atoms with E-state index in [1.165, 1.54) is 11.0 Å². The molecule has 0 spiro atoms. The molecule has 1 aliphatic heterocycles. The molecular weight excluding hydrogens is 436 g/mol. The Morgan fingerprint density at radius 1 is 1.48 bits per heavy atom. The zero-order valence-corrected chi connectivity index (χ0v) is 15.3. The molecule has 1 aromatic carbocycles. The van der Waals surface area contributed by atoms with Gasteiger partial charge in [-0.05, 0) is 54.6 Å². The maximum absolute atomic E-state index is 14.2. The number of nitrogens with zero attached hydrogens (tertiary/aromatic N) is 3. The molecule has 2 heterocycles. The highest BCUT2D eigenvalue weighted by Crippen LogP contribution is 2.37. The van der Waals surface area contributed by atoms with E-state index in [1.54, 1.807) is 16.8 Å². The van der Waals surface area contributed by atoms with Crippen molar-refractivity contribution < 1.29 is 14.3 Å². The third kappa shape index (κ3) is 2.69. The van der Waals surface area contributed by atoms with Crippen LogP contribution < -0.4 is 0 Å². The Hall–Kier alpha value is -1.35. The molecule has 1 N–H and O–H groups in total. The molecule has 1 aromatic heterocycles. The minimum absolute atomic E-state index is 0.200. The average Bonchev–Trinajstić information content (AvgIpc) is 2.75. The Morgan fingerprint density at radius 3 is 2.78 bits per heavy atom. The van der Waals surface area contributed by atoms with Gasteiger partial charge in [0.15, 0.2) is 0 Å². The van der Waals surface area contributed by atoms with E-state index in [9.17, 15) is 14.3 Å². The summed E-state index contributed by atoms with van der Waals surface area (Å²) in [5.74, 6) is -0.443. The van der Waals surface area contributed by atoms with Gasteiger partial charge in [0.1, 0.15) is 11.5 Å². The Bertz CT molecular complexity index is 795. The second-order valence-electron chi connectivity index (χ2n) is 5.57. The predicted octanol–water partition coefficient (Wildman–Crippen LogP) is 4.39. The zero-order chi connectivity index (χ0) is 16.9. The molecule has 122 valence electrons. The lowest BCUT2D eigenvalue weighted by Gasteiger charge is -2.37. The first-order chi connectivity index (χ1) is 10.8. The molecule has 2 unspecified atom stereocenters. The predicted molar refractivity (Wildman–Crippen MR) is 93.1 cm³/mol. The van der Waals surface area contributed by atoms with Gasteiger partial charge in [0, 0.05) is 10.6 Å².